The van der Waals surface area contributed by atoms with Gasteiger partial charge in [-0.1, -0.05) is 29.8 Å². The lowest BCUT2D eigenvalue weighted by Crippen LogP contribution is -2.44. The Labute approximate surface area is 325 Å². The van der Waals surface area contributed by atoms with E-state index < -0.39 is 23.0 Å². The molecule has 0 bridgehead atoms. The number of carbonyl (C=O) groups excluding carboxylic acids is 2. The summed E-state index contributed by atoms with van der Waals surface area (Å²) >= 11 is 7.57. The monoisotopic (exact) mass is 782 g/mol. The topological polar surface area (TPSA) is 111 Å². The van der Waals surface area contributed by atoms with Gasteiger partial charge in [-0.3, -0.25) is 14.5 Å². The van der Waals surface area contributed by atoms with Gasteiger partial charge in [0.05, 0.1) is 47.5 Å². The van der Waals surface area contributed by atoms with Crippen molar-refractivity contribution in [1.29, 1.82) is 0 Å². The number of benzene rings is 3. The molecule has 55 heavy (non-hydrogen) atoms. The number of thioether (sulfide) groups is 1. The number of nitrogens with one attached hydrogen (secondary N) is 2. The van der Waals surface area contributed by atoms with Crippen LogP contribution < -0.4 is 15.4 Å². The quantitative estimate of drug-likeness (QED) is 0.139. The summed E-state index contributed by atoms with van der Waals surface area (Å²) in [6, 6.07) is 18.5. The number of pyridine rings is 1. The fourth-order valence-corrected chi connectivity index (χ4v) is 8.55. The molecule has 1 saturated carbocycles. The van der Waals surface area contributed by atoms with Crippen LogP contribution in [0.1, 0.15) is 58.7 Å². The van der Waals surface area contributed by atoms with Gasteiger partial charge in [0, 0.05) is 47.4 Å². The third kappa shape index (κ3) is 6.77. The zero-order valence-electron chi connectivity index (χ0n) is 30.0. The number of anilines is 2. The molecule has 4 aliphatic rings. The summed E-state index contributed by atoms with van der Waals surface area (Å²) in [5, 5.41) is 5.94. The molecule has 5 aromatic rings. The van der Waals surface area contributed by atoms with Crippen LogP contribution in [0.3, 0.4) is 0 Å². The van der Waals surface area contributed by atoms with Gasteiger partial charge < -0.3 is 24.7 Å². The molecule has 3 aromatic carbocycles. The SMILES string of the molecule is CSC1(Cn2c(CN3CC=C(c4cccc(OCc5ccc(Cl)cc5F)n4)CC3)nc3ccc(NC(=O)c4cc(F)c5c(c4)C4(CC4)C(=O)N5)cc32)CCO1. The Bertz CT molecular complexity index is 2410. The fourth-order valence-electron chi connectivity index (χ4n) is 7.64. The molecule has 1 atom stereocenters. The number of imidazole rings is 1. The zero-order valence-corrected chi connectivity index (χ0v) is 31.5. The van der Waals surface area contributed by atoms with Gasteiger partial charge in [-0.15, -0.1) is 11.8 Å². The molecule has 14 heteroatoms. The van der Waals surface area contributed by atoms with Gasteiger partial charge in [-0.05, 0) is 85.2 Å². The van der Waals surface area contributed by atoms with Gasteiger partial charge in [0.2, 0.25) is 11.8 Å². The highest BCUT2D eigenvalue weighted by Crippen LogP contribution is 2.56. The van der Waals surface area contributed by atoms with Crippen LogP contribution in [0, 0.1) is 11.6 Å². The Balaban J connectivity index is 0.924. The molecule has 2 fully saturated rings. The molecule has 2 N–H and O–H groups in total. The van der Waals surface area contributed by atoms with Crippen LogP contribution in [-0.2, 0) is 34.6 Å². The van der Waals surface area contributed by atoms with Crippen LogP contribution in [0.5, 0.6) is 5.88 Å². The van der Waals surface area contributed by atoms with Gasteiger partial charge >= 0.3 is 0 Å². The minimum absolute atomic E-state index is 0.0419. The molecule has 2 amide bonds. The van der Waals surface area contributed by atoms with Crippen molar-refractivity contribution in [2.45, 2.75) is 55.7 Å². The first-order chi connectivity index (χ1) is 26.6. The summed E-state index contributed by atoms with van der Waals surface area (Å²) in [7, 11) is 0. The van der Waals surface area contributed by atoms with Crippen LogP contribution in [0.25, 0.3) is 16.6 Å². The maximum absolute atomic E-state index is 15.1. The Hall–Kier alpha value is -4.82. The molecule has 0 radical (unpaired) electrons. The molecular weight excluding hydrogens is 746 g/mol. The van der Waals surface area contributed by atoms with Crippen LogP contribution in [0.2, 0.25) is 5.02 Å². The molecule has 5 heterocycles. The molecule has 3 aliphatic heterocycles. The van der Waals surface area contributed by atoms with E-state index in [9.17, 15) is 14.0 Å². The molecule has 282 valence electrons. The zero-order chi connectivity index (χ0) is 37.9. The third-order valence-electron chi connectivity index (χ3n) is 11.1. The Morgan fingerprint density at radius 2 is 1.93 bits per heavy atom. The van der Waals surface area contributed by atoms with Crippen molar-refractivity contribution in [1.82, 2.24) is 19.4 Å². The maximum Gasteiger partial charge on any atom is 0.255 e. The van der Waals surface area contributed by atoms with Crippen molar-refractivity contribution in [2.24, 2.45) is 0 Å². The van der Waals surface area contributed by atoms with Crippen molar-refractivity contribution in [3.8, 4) is 5.88 Å². The standard InChI is InChI=1S/C41H37ClF2N6O4S/c1-55-41(13-16-54-41)23-50-34-20-28(45-38(51)26-17-29-37(31(44)18-26)48-39(52)40(29)11-12-40)7-8-33(34)46-35(50)21-49-14-9-24(10-15-49)32-3-2-4-36(47-32)53-22-25-5-6-27(42)19-30(25)43/h2-9,17-20H,10-16,21-23H2,1H3,(H,45,51)(H,48,52). The Morgan fingerprint density at radius 3 is 2.65 bits per heavy atom. The average molecular weight is 783 g/mol. The summed E-state index contributed by atoms with van der Waals surface area (Å²) in [6.07, 6.45) is 7.19. The smallest absolute Gasteiger partial charge is 0.255 e. The van der Waals surface area contributed by atoms with Crippen LogP contribution in [-0.4, -0.2) is 62.1 Å². The van der Waals surface area contributed by atoms with Gasteiger partial charge in [0.1, 0.15) is 29.0 Å². The lowest BCUT2D eigenvalue weighted by molar-refractivity contribution is -0.117. The minimum Gasteiger partial charge on any atom is -0.473 e. The molecule has 1 aliphatic carbocycles. The molecule has 2 aromatic heterocycles. The van der Waals surface area contributed by atoms with E-state index in [1.165, 1.54) is 12.1 Å². The highest BCUT2D eigenvalue weighted by atomic mass is 35.5. The lowest BCUT2D eigenvalue weighted by Gasteiger charge is -2.41. The Morgan fingerprint density at radius 1 is 1.07 bits per heavy atom. The predicted molar refractivity (Wildman–Crippen MR) is 208 cm³/mol. The van der Waals surface area contributed by atoms with Crippen LogP contribution in [0.4, 0.5) is 20.2 Å². The van der Waals surface area contributed by atoms with Crippen molar-refractivity contribution in [3.63, 3.8) is 0 Å². The number of amides is 2. The van der Waals surface area contributed by atoms with Crippen molar-refractivity contribution >= 4 is 63.2 Å². The van der Waals surface area contributed by atoms with Crippen LogP contribution >= 0.6 is 23.4 Å². The van der Waals surface area contributed by atoms with E-state index in [0.29, 0.717) is 66.8 Å². The van der Waals surface area contributed by atoms with Gasteiger partial charge in [-0.25, -0.2) is 18.7 Å². The Kier molecular flexibility index (Phi) is 9.15. The van der Waals surface area contributed by atoms with Gasteiger partial charge in [0.25, 0.3) is 5.91 Å². The van der Waals surface area contributed by atoms with Crippen molar-refractivity contribution in [2.75, 3.05) is 36.6 Å². The fraction of sp³-hybridized carbons (Fsp3) is 0.317. The second-order valence-corrected chi connectivity index (χ2v) is 16.1. The highest BCUT2D eigenvalue weighted by Gasteiger charge is 2.57. The number of aromatic nitrogens is 3. The van der Waals surface area contributed by atoms with Gasteiger partial charge in [-0.2, -0.15) is 0 Å². The summed E-state index contributed by atoms with van der Waals surface area (Å²) in [6.45, 7) is 3.39. The number of fused-ring (bicyclic) bond motifs is 3. The molecular formula is C41H37ClF2N6O4S. The second kappa shape index (κ2) is 14.0. The van der Waals surface area contributed by atoms with E-state index in [0.717, 1.165) is 47.5 Å². The maximum atomic E-state index is 15.1. The summed E-state index contributed by atoms with van der Waals surface area (Å²) in [5.41, 5.74) is 4.72. The average Bonchev–Trinajstić information content (AvgIpc) is 3.85. The minimum atomic E-state index is -0.713. The largest absolute Gasteiger partial charge is 0.473 e. The first kappa shape index (κ1) is 35.9. The summed E-state index contributed by atoms with van der Waals surface area (Å²) < 4.78 is 43.5. The van der Waals surface area contributed by atoms with E-state index in [1.54, 1.807) is 42.1 Å². The molecule has 9 rings (SSSR count). The van der Waals surface area contributed by atoms with E-state index >= 15 is 4.39 Å². The number of ether oxygens (including phenoxy) is 2. The first-order valence-corrected chi connectivity index (χ1v) is 19.8. The van der Waals surface area contributed by atoms with Crippen LogP contribution in [0.15, 0.2) is 72.8 Å². The third-order valence-corrected chi connectivity index (χ3v) is 12.5. The summed E-state index contributed by atoms with van der Waals surface area (Å²) in [4.78, 5) is 37.7. The van der Waals surface area contributed by atoms with Crippen molar-refractivity contribution < 1.29 is 27.8 Å². The number of carbonyl (C=O) groups is 2. The second-order valence-electron chi connectivity index (χ2n) is 14.5. The molecule has 10 nitrogen and oxygen atoms in total. The van der Waals surface area contributed by atoms with Crippen molar-refractivity contribution in [3.05, 3.63) is 118 Å². The van der Waals surface area contributed by atoms with E-state index in [1.807, 2.05) is 24.3 Å². The first-order valence-electron chi connectivity index (χ1n) is 18.2. The van der Waals surface area contributed by atoms with E-state index in [4.69, 9.17) is 31.0 Å². The predicted octanol–water partition coefficient (Wildman–Crippen LogP) is 7.95. The molecule has 1 spiro atoms. The van der Waals surface area contributed by atoms with E-state index in [-0.39, 0.29) is 28.7 Å². The number of rotatable bonds is 11. The van der Waals surface area contributed by atoms with Gasteiger partial charge in [0.15, 0.2) is 0 Å². The highest BCUT2D eigenvalue weighted by molar-refractivity contribution is 7.99. The number of nitrogens with zero attached hydrogens (tertiary/aromatic N) is 4. The number of halogens is 3. The lowest BCUT2D eigenvalue weighted by atomic mass is 9.95. The van der Waals surface area contributed by atoms with E-state index in [2.05, 4.69) is 32.4 Å². The number of hydrogen-bond donors (Lipinski definition) is 2. The summed E-state index contributed by atoms with van der Waals surface area (Å²) in [5.74, 6) is -0.386. The number of hydrogen-bond acceptors (Lipinski definition) is 8. The molecule has 1 unspecified atom stereocenters. The normalized spacial score (nSPS) is 19.9. The molecule has 1 saturated heterocycles.